The molecule has 140 valence electrons. The second-order valence-electron chi connectivity index (χ2n) is 5.68. The lowest BCUT2D eigenvalue weighted by atomic mass is 10.2. The number of amides is 1. The molecule has 3 aromatic rings. The van der Waals surface area contributed by atoms with Crippen LogP contribution in [-0.2, 0) is 23.2 Å². The summed E-state index contributed by atoms with van der Waals surface area (Å²) in [5.74, 6) is -0.242. The number of benzene rings is 2. The number of rotatable bonds is 7. The highest BCUT2D eigenvalue weighted by atomic mass is 32.2. The van der Waals surface area contributed by atoms with E-state index in [2.05, 4.69) is 10.5 Å². The Morgan fingerprint density at radius 1 is 1.07 bits per heavy atom. The monoisotopic (exact) mass is 387 g/mol. The zero-order valence-electron chi connectivity index (χ0n) is 14.2. The van der Waals surface area contributed by atoms with Gasteiger partial charge >= 0.3 is 0 Å². The molecule has 2 aromatic carbocycles. The summed E-state index contributed by atoms with van der Waals surface area (Å²) >= 11 is 0. The van der Waals surface area contributed by atoms with Gasteiger partial charge in [-0.3, -0.25) is 4.79 Å². The molecule has 3 N–H and O–H groups in total. The van der Waals surface area contributed by atoms with Crippen LogP contribution in [0.5, 0.6) is 5.88 Å². The van der Waals surface area contributed by atoms with Crippen LogP contribution >= 0.6 is 0 Å². The largest absolute Gasteiger partial charge is 0.471 e. The van der Waals surface area contributed by atoms with E-state index in [1.807, 2.05) is 30.3 Å². The van der Waals surface area contributed by atoms with Gasteiger partial charge in [0.05, 0.1) is 11.0 Å². The molecule has 27 heavy (non-hydrogen) atoms. The summed E-state index contributed by atoms with van der Waals surface area (Å²) in [6.45, 7) is 0.496. The van der Waals surface area contributed by atoms with Gasteiger partial charge in [-0.05, 0) is 28.4 Å². The van der Waals surface area contributed by atoms with Crippen LogP contribution in [0.3, 0.4) is 0 Å². The molecule has 0 aliphatic rings. The number of aromatic nitrogens is 1. The first-order valence-electron chi connectivity index (χ1n) is 7.95. The van der Waals surface area contributed by atoms with E-state index in [0.29, 0.717) is 12.2 Å². The van der Waals surface area contributed by atoms with E-state index in [1.165, 1.54) is 18.2 Å². The lowest BCUT2D eigenvalue weighted by Crippen LogP contribution is -2.22. The SMILES string of the molecule is NS(=O)(=O)c1ccc(CNC(=O)c2cc(OCc3ccccc3)no2)cc1. The van der Waals surface area contributed by atoms with Gasteiger partial charge in [-0.1, -0.05) is 42.5 Å². The van der Waals surface area contributed by atoms with Crippen LogP contribution in [0.25, 0.3) is 0 Å². The zero-order valence-corrected chi connectivity index (χ0v) is 15.0. The van der Waals surface area contributed by atoms with Crippen LogP contribution in [0.2, 0.25) is 0 Å². The lowest BCUT2D eigenvalue weighted by molar-refractivity contribution is 0.0913. The van der Waals surface area contributed by atoms with Gasteiger partial charge in [0.25, 0.3) is 11.8 Å². The number of nitrogens with zero attached hydrogens (tertiary/aromatic N) is 1. The molecule has 0 spiro atoms. The van der Waals surface area contributed by atoms with Gasteiger partial charge in [0.2, 0.25) is 15.8 Å². The summed E-state index contributed by atoms with van der Waals surface area (Å²) in [4.78, 5) is 12.1. The molecule has 0 bridgehead atoms. The van der Waals surface area contributed by atoms with Crippen molar-refractivity contribution in [3.8, 4) is 5.88 Å². The quantitative estimate of drug-likeness (QED) is 0.637. The van der Waals surface area contributed by atoms with Crippen molar-refractivity contribution in [1.82, 2.24) is 10.5 Å². The molecule has 3 rings (SSSR count). The molecule has 0 saturated heterocycles. The maximum absolute atomic E-state index is 12.1. The fourth-order valence-corrected chi connectivity index (χ4v) is 2.75. The van der Waals surface area contributed by atoms with Crippen molar-refractivity contribution in [2.75, 3.05) is 0 Å². The number of ether oxygens (including phenoxy) is 1. The van der Waals surface area contributed by atoms with Crippen LogP contribution in [0.4, 0.5) is 0 Å². The summed E-state index contributed by atoms with van der Waals surface area (Å²) in [7, 11) is -3.74. The molecule has 0 radical (unpaired) electrons. The van der Waals surface area contributed by atoms with Crippen LogP contribution in [0.1, 0.15) is 21.7 Å². The Labute approximate surface area is 156 Å². The summed E-state index contributed by atoms with van der Waals surface area (Å²) in [6, 6.07) is 16.8. The number of nitrogens with two attached hydrogens (primary N) is 1. The highest BCUT2D eigenvalue weighted by Crippen LogP contribution is 2.14. The van der Waals surface area contributed by atoms with Crippen molar-refractivity contribution in [1.29, 1.82) is 0 Å². The van der Waals surface area contributed by atoms with Crippen molar-refractivity contribution < 1.29 is 22.5 Å². The third-order valence-corrected chi connectivity index (χ3v) is 4.58. The minimum atomic E-state index is -3.74. The molecule has 8 nitrogen and oxygen atoms in total. The van der Waals surface area contributed by atoms with Gasteiger partial charge in [0.15, 0.2) is 0 Å². The molecule has 0 atom stereocenters. The van der Waals surface area contributed by atoms with Gasteiger partial charge in [0, 0.05) is 6.54 Å². The minimum absolute atomic E-state index is 0.00742. The van der Waals surface area contributed by atoms with Gasteiger partial charge < -0.3 is 14.6 Å². The fourth-order valence-electron chi connectivity index (χ4n) is 2.23. The van der Waals surface area contributed by atoms with Gasteiger partial charge in [-0.2, -0.15) is 0 Å². The molecule has 1 amide bonds. The van der Waals surface area contributed by atoms with Gasteiger partial charge in [0.1, 0.15) is 6.61 Å². The number of nitrogens with one attached hydrogen (secondary N) is 1. The van der Waals surface area contributed by atoms with E-state index in [4.69, 9.17) is 14.4 Å². The fraction of sp³-hybridized carbons (Fsp3) is 0.111. The number of sulfonamides is 1. The number of primary sulfonamides is 1. The summed E-state index contributed by atoms with van der Waals surface area (Å²) in [5.41, 5.74) is 1.67. The van der Waals surface area contributed by atoms with E-state index in [1.54, 1.807) is 12.1 Å². The molecule has 0 aliphatic heterocycles. The average Bonchev–Trinajstić information content (AvgIpc) is 3.14. The van der Waals surface area contributed by atoms with Gasteiger partial charge in [-0.15, -0.1) is 0 Å². The Morgan fingerprint density at radius 2 is 1.78 bits per heavy atom. The second-order valence-corrected chi connectivity index (χ2v) is 7.24. The average molecular weight is 387 g/mol. The number of hydrogen-bond donors (Lipinski definition) is 2. The predicted molar refractivity (Wildman–Crippen MR) is 96.3 cm³/mol. The van der Waals surface area contributed by atoms with Crippen molar-refractivity contribution in [3.05, 3.63) is 77.6 Å². The minimum Gasteiger partial charge on any atom is -0.471 e. The molecule has 0 aliphatic carbocycles. The summed E-state index contributed by atoms with van der Waals surface area (Å²) < 4.78 is 32.9. The third kappa shape index (κ3) is 5.16. The summed E-state index contributed by atoms with van der Waals surface area (Å²) in [5, 5.41) is 11.4. The Morgan fingerprint density at radius 3 is 2.44 bits per heavy atom. The standard InChI is InChI=1S/C18H17N3O5S/c19-27(23,24)15-8-6-13(7-9-15)11-20-18(22)16-10-17(21-26-16)25-12-14-4-2-1-3-5-14/h1-10H,11-12H2,(H,20,22)(H2,19,23,24). The molecule has 0 unspecified atom stereocenters. The smallest absolute Gasteiger partial charge is 0.290 e. The number of hydrogen-bond acceptors (Lipinski definition) is 6. The highest BCUT2D eigenvalue weighted by molar-refractivity contribution is 7.89. The van der Waals surface area contributed by atoms with E-state index >= 15 is 0 Å². The lowest BCUT2D eigenvalue weighted by Gasteiger charge is -2.04. The van der Waals surface area contributed by atoms with Gasteiger partial charge in [-0.25, -0.2) is 13.6 Å². The van der Waals surface area contributed by atoms with Crippen molar-refractivity contribution >= 4 is 15.9 Å². The first-order chi connectivity index (χ1) is 12.9. The Kier molecular flexibility index (Phi) is 5.53. The highest BCUT2D eigenvalue weighted by Gasteiger charge is 2.14. The van der Waals surface area contributed by atoms with Crippen LogP contribution in [0.15, 0.2) is 70.1 Å². The van der Waals surface area contributed by atoms with E-state index in [-0.39, 0.29) is 23.1 Å². The van der Waals surface area contributed by atoms with E-state index < -0.39 is 15.9 Å². The molecule has 1 heterocycles. The zero-order chi connectivity index (χ0) is 19.3. The summed E-state index contributed by atoms with van der Waals surface area (Å²) in [6.07, 6.45) is 0. The van der Waals surface area contributed by atoms with Crippen molar-refractivity contribution in [2.45, 2.75) is 18.0 Å². The van der Waals surface area contributed by atoms with E-state index in [9.17, 15) is 13.2 Å². The maximum atomic E-state index is 12.1. The third-order valence-electron chi connectivity index (χ3n) is 3.65. The second kappa shape index (κ2) is 8.02. The van der Waals surface area contributed by atoms with Crippen molar-refractivity contribution in [3.63, 3.8) is 0 Å². The number of carbonyl (C=O) groups excluding carboxylic acids is 1. The first kappa shape index (κ1) is 18.6. The first-order valence-corrected chi connectivity index (χ1v) is 9.50. The molecular formula is C18H17N3O5S. The normalized spacial score (nSPS) is 11.1. The molecular weight excluding hydrogens is 370 g/mol. The topological polar surface area (TPSA) is 125 Å². The Hall–Kier alpha value is -3.17. The Balaban J connectivity index is 1.53. The number of carbonyl (C=O) groups is 1. The van der Waals surface area contributed by atoms with E-state index in [0.717, 1.165) is 5.56 Å². The predicted octanol–water partition coefficient (Wildman–Crippen LogP) is 1.83. The van der Waals surface area contributed by atoms with Crippen LogP contribution < -0.4 is 15.2 Å². The van der Waals surface area contributed by atoms with Crippen molar-refractivity contribution in [2.24, 2.45) is 5.14 Å². The molecule has 0 saturated carbocycles. The van der Waals surface area contributed by atoms with Crippen LogP contribution in [-0.4, -0.2) is 19.5 Å². The van der Waals surface area contributed by atoms with Crippen LogP contribution in [0, 0.1) is 0 Å². The molecule has 1 aromatic heterocycles. The molecule has 0 fully saturated rings. The maximum Gasteiger partial charge on any atom is 0.290 e. The molecule has 9 heteroatoms. The Bertz CT molecular complexity index is 1010.